The summed E-state index contributed by atoms with van der Waals surface area (Å²) in [5.41, 5.74) is -1.58. The average Bonchev–Trinajstić information content (AvgIpc) is 3.15. The number of esters is 1. The van der Waals surface area contributed by atoms with Crippen LogP contribution < -0.4 is 10.6 Å². The van der Waals surface area contributed by atoms with Crippen LogP contribution in [0.5, 0.6) is 0 Å². The zero-order chi connectivity index (χ0) is 26.8. The summed E-state index contributed by atoms with van der Waals surface area (Å²) >= 11 is 8.31. The van der Waals surface area contributed by atoms with Crippen LogP contribution in [0.3, 0.4) is 0 Å². The third kappa shape index (κ3) is 5.96. The molecule has 13 nitrogen and oxygen atoms in total. The zero-order valence-electron chi connectivity index (χ0n) is 19.4. The van der Waals surface area contributed by atoms with E-state index in [4.69, 9.17) is 21.2 Å². The van der Waals surface area contributed by atoms with Crippen molar-refractivity contribution < 1.29 is 38.7 Å². The number of rotatable bonds is 9. The molecule has 2 aliphatic rings. The topological polar surface area (TPSA) is 177 Å². The first-order chi connectivity index (χ1) is 16.8. The van der Waals surface area contributed by atoms with Gasteiger partial charge in [-0.1, -0.05) is 28.1 Å². The molecule has 0 spiro atoms. The van der Waals surface area contributed by atoms with Crippen LogP contribution in [-0.2, 0) is 33.5 Å². The van der Waals surface area contributed by atoms with Gasteiger partial charge in [-0.15, -0.1) is 11.8 Å². The Morgan fingerprint density at radius 2 is 2.08 bits per heavy atom. The fraction of sp³-hybridized carbons (Fsp3) is 0.450. The summed E-state index contributed by atoms with van der Waals surface area (Å²) in [5.74, 6) is -3.20. The van der Waals surface area contributed by atoms with E-state index in [1.54, 1.807) is 20.8 Å². The van der Waals surface area contributed by atoms with Crippen molar-refractivity contribution in [1.29, 1.82) is 0 Å². The zero-order valence-corrected chi connectivity index (χ0v) is 21.8. The Labute approximate surface area is 218 Å². The maximum atomic E-state index is 13.2. The van der Waals surface area contributed by atoms with Crippen LogP contribution in [0, 0.1) is 0 Å². The number of thiazole rings is 1. The lowest BCUT2D eigenvalue weighted by atomic mass is 10.0. The van der Waals surface area contributed by atoms with E-state index in [1.165, 1.54) is 24.8 Å². The number of β-lactam (4-membered cyclic amide) rings is 1. The molecule has 194 valence electrons. The van der Waals surface area contributed by atoms with E-state index in [-0.39, 0.29) is 20.9 Å². The van der Waals surface area contributed by atoms with Crippen LogP contribution in [0.1, 0.15) is 33.4 Å². The van der Waals surface area contributed by atoms with Crippen molar-refractivity contribution in [1.82, 2.24) is 15.2 Å². The number of fused-ring (bicyclic) bond motifs is 1. The van der Waals surface area contributed by atoms with Crippen molar-refractivity contribution in [2.24, 2.45) is 5.16 Å². The minimum absolute atomic E-state index is 0.0218. The molecule has 0 saturated carbocycles. The van der Waals surface area contributed by atoms with E-state index < -0.39 is 52.6 Å². The Morgan fingerprint density at radius 3 is 2.69 bits per heavy atom. The number of aromatic nitrogens is 1. The standard InChI is InChI=1S/C20H22ClN5O8S2/c1-8(18(32)33-20(2,3)4)34-25-11(10-13(21)36-19(24-10)22-7-27)14(28)23-12-15(29)26-9(17(30)31)5-6-35-16(12)26/h5,7-8,12,16H,6H2,1-4H3,(H,23,28)(H,30,31)(H,22,24,27)/t8?,12?,16-/m1/s1. The van der Waals surface area contributed by atoms with E-state index >= 15 is 0 Å². The fourth-order valence-electron chi connectivity index (χ4n) is 3.06. The highest BCUT2D eigenvalue weighted by molar-refractivity contribution is 8.00. The number of aliphatic carboxylic acids is 1. The molecule has 1 aromatic rings. The third-order valence-electron chi connectivity index (χ3n) is 4.60. The number of carboxylic acid groups (broad SMARTS) is 1. The Morgan fingerprint density at radius 1 is 1.39 bits per heavy atom. The molecule has 2 aliphatic heterocycles. The van der Waals surface area contributed by atoms with Gasteiger partial charge in [0.15, 0.2) is 10.8 Å². The number of amides is 3. The number of carbonyl (C=O) groups is 5. The van der Waals surface area contributed by atoms with E-state index in [2.05, 4.69) is 20.8 Å². The largest absolute Gasteiger partial charge is 0.477 e. The highest BCUT2D eigenvalue weighted by Gasteiger charge is 2.53. The van der Waals surface area contributed by atoms with Gasteiger partial charge in [0, 0.05) is 5.75 Å². The smallest absolute Gasteiger partial charge is 0.352 e. The van der Waals surface area contributed by atoms with Crippen molar-refractivity contribution in [2.45, 2.75) is 50.8 Å². The highest BCUT2D eigenvalue weighted by atomic mass is 35.5. The van der Waals surface area contributed by atoms with Gasteiger partial charge in [-0.25, -0.2) is 14.6 Å². The second-order valence-electron chi connectivity index (χ2n) is 8.40. The van der Waals surface area contributed by atoms with Crippen molar-refractivity contribution in [3.8, 4) is 0 Å². The van der Waals surface area contributed by atoms with Crippen LogP contribution in [0.2, 0.25) is 4.34 Å². The number of halogens is 1. The molecule has 16 heteroatoms. The monoisotopic (exact) mass is 559 g/mol. The summed E-state index contributed by atoms with van der Waals surface area (Å²) in [5, 5.41) is 17.3. The molecule has 1 aromatic heterocycles. The number of nitrogens with zero attached hydrogens (tertiary/aromatic N) is 3. The van der Waals surface area contributed by atoms with E-state index in [0.717, 1.165) is 16.2 Å². The lowest BCUT2D eigenvalue weighted by Gasteiger charge is -2.48. The lowest BCUT2D eigenvalue weighted by Crippen LogP contribution is -2.70. The normalized spacial score (nSPS) is 20.4. The molecule has 3 N–H and O–H groups in total. The number of ether oxygens (including phenoxy) is 1. The van der Waals surface area contributed by atoms with Gasteiger partial charge in [-0.3, -0.25) is 19.3 Å². The molecule has 1 fully saturated rings. The Kier molecular flexibility index (Phi) is 8.26. The number of thioether (sulfide) groups is 1. The summed E-state index contributed by atoms with van der Waals surface area (Å²) in [6.45, 7) is 6.37. The predicted molar refractivity (Wildman–Crippen MR) is 130 cm³/mol. The fourth-order valence-corrected chi connectivity index (χ4v) is 5.26. The highest BCUT2D eigenvalue weighted by Crippen LogP contribution is 2.37. The number of carboxylic acids is 1. The number of hydrogen-bond donors (Lipinski definition) is 3. The Balaban J connectivity index is 1.84. The molecule has 1 saturated heterocycles. The van der Waals surface area contributed by atoms with Crippen LogP contribution in [0.25, 0.3) is 0 Å². The average molecular weight is 560 g/mol. The van der Waals surface area contributed by atoms with Gasteiger partial charge in [0.05, 0.1) is 0 Å². The number of carbonyl (C=O) groups excluding carboxylic acids is 4. The SMILES string of the molecule is CC(ON=C(C(=O)NC1C(=O)N2C(C(=O)O)=CCS[C@H]12)c1nc(NC=O)sc1Cl)C(=O)OC(C)(C)C. The molecule has 0 aliphatic carbocycles. The number of nitrogens with one attached hydrogen (secondary N) is 2. The molecule has 3 rings (SSSR count). The molecule has 36 heavy (non-hydrogen) atoms. The van der Waals surface area contributed by atoms with Crippen molar-refractivity contribution in [3.63, 3.8) is 0 Å². The summed E-state index contributed by atoms with van der Waals surface area (Å²) in [6.07, 6.45) is 0.566. The molecule has 0 bridgehead atoms. The van der Waals surface area contributed by atoms with Gasteiger partial charge >= 0.3 is 11.9 Å². The molecule has 2 unspecified atom stereocenters. The molecule has 3 atom stereocenters. The van der Waals surface area contributed by atoms with Gasteiger partial charge in [-0.2, -0.15) is 0 Å². The van der Waals surface area contributed by atoms with Crippen LogP contribution in [-0.4, -0.2) is 79.7 Å². The second-order valence-corrected chi connectivity index (χ2v) is 11.2. The minimum Gasteiger partial charge on any atom is -0.477 e. The van der Waals surface area contributed by atoms with Crippen LogP contribution in [0.15, 0.2) is 16.9 Å². The Bertz CT molecular complexity index is 1160. The van der Waals surface area contributed by atoms with E-state index in [0.29, 0.717) is 12.2 Å². The van der Waals surface area contributed by atoms with Crippen molar-refractivity contribution in [3.05, 3.63) is 21.8 Å². The molecular formula is C20H22ClN5O8S2. The van der Waals surface area contributed by atoms with Gasteiger partial charge in [0.2, 0.25) is 12.5 Å². The lowest BCUT2D eigenvalue weighted by molar-refractivity contribution is -0.167. The summed E-state index contributed by atoms with van der Waals surface area (Å²) < 4.78 is 5.20. The summed E-state index contributed by atoms with van der Waals surface area (Å²) in [4.78, 5) is 70.6. The van der Waals surface area contributed by atoms with E-state index in [9.17, 15) is 29.1 Å². The Hall–Kier alpha value is -3.17. The number of anilines is 1. The number of oxime groups is 1. The van der Waals surface area contributed by atoms with Crippen LogP contribution in [0.4, 0.5) is 5.13 Å². The molecular weight excluding hydrogens is 538 g/mol. The molecule has 3 heterocycles. The number of hydrogen-bond acceptors (Lipinski definition) is 11. The third-order valence-corrected chi connectivity index (χ3v) is 6.97. The van der Waals surface area contributed by atoms with Gasteiger partial charge in [-0.05, 0) is 33.8 Å². The van der Waals surface area contributed by atoms with Gasteiger partial charge in [0.25, 0.3) is 11.8 Å². The van der Waals surface area contributed by atoms with Gasteiger partial charge < -0.3 is 25.3 Å². The minimum atomic E-state index is -1.25. The summed E-state index contributed by atoms with van der Waals surface area (Å²) in [7, 11) is 0. The molecule has 0 aromatic carbocycles. The van der Waals surface area contributed by atoms with Crippen LogP contribution >= 0.6 is 34.7 Å². The molecule has 0 radical (unpaired) electrons. The first kappa shape index (κ1) is 27.4. The maximum absolute atomic E-state index is 13.2. The van der Waals surface area contributed by atoms with Gasteiger partial charge in [0.1, 0.15) is 32.7 Å². The van der Waals surface area contributed by atoms with Crippen molar-refractivity contribution in [2.75, 3.05) is 11.1 Å². The first-order valence-corrected chi connectivity index (χ1v) is 12.6. The second kappa shape index (κ2) is 10.8. The van der Waals surface area contributed by atoms with E-state index in [1.807, 2.05) is 0 Å². The predicted octanol–water partition coefficient (Wildman–Crippen LogP) is 1.18. The molecule has 3 amide bonds. The maximum Gasteiger partial charge on any atom is 0.352 e. The van der Waals surface area contributed by atoms with Crippen molar-refractivity contribution >= 4 is 75.7 Å². The quantitative estimate of drug-likeness (QED) is 0.131. The summed E-state index contributed by atoms with van der Waals surface area (Å²) in [6, 6.07) is -1.05. The first-order valence-electron chi connectivity index (χ1n) is 10.4.